The molecule has 0 amide bonds. The Morgan fingerprint density at radius 1 is 1.17 bits per heavy atom. The fraction of sp³-hybridized carbons (Fsp3) is 0. The van der Waals surface area contributed by atoms with Crippen molar-refractivity contribution in [1.82, 2.24) is 9.97 Å². The van der Waals surface area contributed by atoms with E-state index >= 15 is 0 Å². The van der Waals surface area contributed by atoms with Crippen LogP contribution in [-0.2, 0) is 0 Å². The van der Waals surface area contributed by atoms with E-state index in [9.17, 15) is 19.7 Å². The summed E-state index contributed by atoms with van der Waals surface area (Å²) in [6.07, 6.45) is 1.46. The number of nitrogens with one attached hydrogen (secondary N) is 1. The minimum absolute atomic E-state index is 0.0555. The molecule has 0 radical (unpaired) electrons. The summed E-state index contributed by atoms with van der Waals surface area (Å²) in [6, 6.07) is 9.31. The average molecular weight is 305 g/mol. The van der Waals surface area contributed by atoms with Gasteiger partial charge in [-0.2, -0.15) is 10.5 Å². The molecule has 0 aliphatic heterocycles. The molecule has 0 atom stereocenters. The predicted octanol–water partition coefficient (Wildman–Crippen LogP) is 2.05. The Hall–Kier alpha value is -3.71. The molecular formula is C16H8FN5O. The maximum Gasteiger partial charge on any atom is 0.268 e. The number of nitrogens with zero attached hydrogens (tertiary/aromatic N) is 3. The SMILES string of the molecule is N#Cc1c(N)[nH]c(=O)c(C#N)c1-c1ccc(F)c2cccnc12. The molecule has 6 nitrogen and oxygen atoms in total. The van der Waals surface area contributed by atoms with E-state index in [1.54, 1.807) is 12.1 Å². The van der Waals surface area contributed by atoms with Crippen molar-refractivity contribution in [3.8, 4) is 23.3 Å². The van der Waals surface area contributed by atoms with Crippen LogP contribution in [0.15, 0.2) is 35.3 Å². The number of pyridine rings is 2. The Morgan fingerprint density at radius 3 is 2.61 bits per heavy atom. The monoisotopic (exact) mass is 305 g/mol. The van der Waals surface area contributed by atoms with Gasteiger partial charge >= 0.3 is 0 Å². The molecule has 1 aromatic carbocycles. The Labute approximate surface area is 129 Å². The molecule has 110 valence electrons. The summed E-state index contributed by atoms with van der Waals surface area (Å²) in [4.78, 5) is 18.4. The van der Waals surface area contributed by atoms with Gasteiger partial charge in [0.2, 0.25) is 0 Å². The number of aromatic nitrogens is 2. The zero-order valence-corrected chi connectivity index (χ0v) is 11.6. The molecule has 23 heavy (non-hydrogen) atoms. The van der Waals surface area contributed by atoms with E-state index in [0.717, 1.165) is 0 Å². The standard InChI is InChI=1S/C16H8FN5O/c17-12-4-3-9(14-8(12)2-1-5-21-14)13-10(6-18)15(20)22-16(23)11(13)7-19/h1-5H,(H3,20,22,23). The maximum absolute atomic E-state index is 13.9. The highest BCUT2D eigenvalue weighted by Gasteiger charge is 2.21. The Kier molecular flexibility index (Phi) is 3.25. The topological polar surface area (TPSA) is 119 Å². The van der Waals surface area contributed by atoms with Crippen LogP contribution in [0.1, 0.15) is 11.1 Å². The number of hydrogen-bond donors (Lipinski definition) is 2. The van der Waals surface area contributed by atoms with E-state index in [0.29, 0.717) is 5.56 Å². The smallest absolute Gasteiger partial charge is 0.268 e. The van der Waals surface area contributed by atoms with Gasteiger partial charge in [0.1, 0.15) is 34.9 Å². The van der Waals surface area contributed by atoms with Crippen molar-refractivity contribution in [3.05, 3.63) is 57.8 Å². The van der Waals surface area contributed by atoms with Crippen molar-refractivity contribution in [2.24, 2.45) is 0 Å². The number of benzene rings is 1. The van der Waals surface area contributed by atoms with Crippen LogP contribution in [0, 0.1) is 28.5 Å². The molecule has 0 aliphatic rings. The second-order valence-corrected chi connectivity index (χ2v) is 4.71. The van der Waals surface area contributed by atoms with Crippen molar-refractivity contribution in [2.75, 3.05) is 5.73 Å². The van der Waals surface area contributed by atoms with Crippen LogP contribution < -0.4 is 11.3 Å². The summed E-state index contributed by atoms with van der Waals surface area (Å²) < 4.78 is 13.9. The molecule has 0 spiro atoms. The van der Waals surface area contributed by atoms with E-state index in [4.69, 9.17) is 5.73 Å². The molecule has 7 heteroatoms. The molecule has 2 aromatic heterocycles. The highest BCUT2D eigenvalue weighted by Crippen LogP contribution is 2.33. The number of fused-ring (bicyclic) bond motifs is 1. The lowest BCUT2D eigenvalue weighted by Crippen LogP contribution is -2.16. The molecule has 3 aromatic rings. The molecule has 0 saturated heterocycles. The van der Waals surface area contributed by atoms with Crippen LogP contribution in [-0.4, -0.2) is 9.97 Å². The van der Waals surface area contributed by atoms with E-state index in [1.165, 1.54) is 24.4 Å². The lowest BCUT2D eigenvalue weighted by atomic mass is 9.94. The number of nitrogen functional groups attached to an aromatic ring is 1. The third-order valence-corrected chi connectivity index (χ3v) is 3.45. The second-order valence-electron chi connectivity index (χ2n) is 4.71. The first kappa shape index (κ1) is 14.2. The molecule has 0 fully saturated rings. The number of halogens is 1. The second kappa shape index (κ2) is 5.24. The van der Waals surface area contributed by atoms with Crippen LogP contribution in [0.3, 0.4) is 0 Å². The summed E-state index contributed by atoms with van der Waals surface area (Å²) in [7, 11) is 0. The van der Waals surface area contributed by atoms with Crippen molar-refractivity contribution in [3.63, 3.8) is 0 Å². The molecular weight excluding hydrogens is 297 g/mol. The van der Waals surface area contributed by atoms with Gasteiger partial charge in [-0.15, -0.1) is 0 Å². The number of hydrogen-bond acceptors (Lipinski definition) is 5. The average Bonchev–Trinajstić information content (AvgIpc) is 2.55. The van der Waals surface area contributed by atoms with Crippen molar-refractivity contribution in [1.29, 1.82) is 10.5 Å². The van der Waals surface area contributed by atoms with E-state index < -0.39 is 11.4 Å². The fourth-order valence-electron chi connectivity index (χ4n) is 2.45. The number of H-pyrrole nitrogens is 1. The Balaban J connectivity index is 2.56. The molecule has 3 rings (SSSR count). The van der Waals surface area contributed by atoms with Crippen molar-refractivity contribution < 1.29 is 4.39 Å². The van der Waals surface area contributed by atoms with E-state index in [2.05, 4.69) is 9.97 Å². The van der Waals surface area contributed by atoms with E-state index in [-0.39, 0.29) is 33.4 Å². The predicted molar refractivity (Wildman–Crippen MR) is 81.6 cm³/mol. The number of rotatable bonds is 1. The van der Waals surface area contributed by atoms with Gasteiger partial charge in [0.25, 0.3) is 5.56 Å². The molecule has 0 saturated carbocycles. The summed E-state index contributed by atoms with van der Waals surface area (Å²) in [5, 5.41) is 18.8. The summed E-state index contributed by atoms with van der Waals surface area (Å²) >= 11 is 0. The van der Waals surface area contributed by atoms with Crippen LogP contribution in [0.25, 0.3) is 22.0 Å². The Bertz CT molecular complexity index is 1090. The van der Waals surface area contributed by atoms with Gasteiger partial charge in [-0.25, -0.2) is 4.39 Å². The zero-order valence-electron chi connectivity index (χ0n) is 11.6. The zero-order chi connectivity index (χ0) is 16.6. The van der Waals surface area contributed by atoms with Crippen LogP contribution in [0.2, 0.25) is 0 Å². The van der Waals surface area contributed by atoms with Crippen LogP contribution in [0.4, 0.5) is 10.2 Å². The first-order valence-electron chi connectivity index (χ1n) is 6.48. The lowest BCUT2D eigenvalue weighted by molar-refractivity contribution is 0.639. The normalized spacial score (nSPS) is 10.2. The number of aromatic amines is 1. The van der Waals surface area contributed by atoms with Gasteiger partial charge in [-0.3, -0.25) is 9.78 Å². The highest BCUT2D eigenvalue weighted by atomic mass is 19.1. The fourth-order valence-corrected chi connectivity index (χ4v) is 2.45. The third-order valence-electron chi connectivity index (χ3n) is 3.45. The summed E-state index contributed by atoms with van der Waals surface area (Å²) in [5.74, 6) is -0.647. The summed E-state index contributed by atoms with van der Waals surface area (Å²) in [6.45, 7) is 0. The quantitative estimate of drug-likeness (QED) is 0.713. The largest absolute Gasteiger partial charge is 0.384 e. The third kappa shape index (κ3) is 2.08. The van der Waals surface area contributed by atoms with Crippen LogP contribution in [0.5, 0.6) is 0 Å². The van der Waals surface area contributed by atoms with Gasteiger partial charge < -0.3 is 10.7 Å². The number of nitrogens with two attached hydrogens (primary N) is 1. The number of nitriles is 2. The van der Waals surface area contributed by atoms with E-state index in [1.807, 2.05) is 6.07 Å². The molecule has 0 bridgehead atoms. The molecule has 3 N–H and O–H groups in total. The van der Waals surface area contributed by atoms with Gasteiger partial charge in [-0.05, 0) is 24.3 Å². The first-order chi connectivity index (χ1) is 11.1. The number of anilines is 1. The minimum Gasteiger partial charge on any atom is -0.384 e. The summed E-state index contributed by atoms with van der Waals surface area (Å²) in [5.41, 5.74) is 5.24. The van der Waals surface area contributed by atoms with Crippen molar-refractivity contribution in [2.45, 2.75) is 0 Å². The van der Waals surface area contributed by atoms with Gasteiger partial charge in [-0.1, -0.05) is 0 Å². The molecule has 0 aliphatic carbocycles. The minimum atomic E-state index is -0.715. The highest BCUT2D eigenvalue weighted by molar-refractivity contribution is 5.97. The maximum atomic E-state index is 13.9. The Morgan fingerprint density at radius 2 is 1.91 bits per heavy atom. The van der Waals surface area contributed by atoms with Crippen LogP contribution >= 0.6 is 0 Å². The van der Waals surface area contributed by atoms with Gasteiger partial charge in [0.05, 0.1) is 5.52 Å². The molecule has 0 unspecified atom stereocenters. The van der Waals surface area contributed by atoms with Gasteiger partial charge in [0.15, 0.2) is 0 Å². The van der Waals surface area contributed by atoms with Gasteiger partial charge in [0, 0.05) is 22.7 Å². The van der Waals surface area contributed by atoms with Crippen molar-refractivity contribution >= 4 is 16.7 Å². The molecule has 2 heterocycles. The lowest BCUT2D eigenvalue weighted by Gasteiger charge is -2.11. The first-order valence-corrected chi connectivity index (χ1v) is 6.48.